The summed E-state index contributed by atoms with van der Waals surface area (Å²) in [6, 6.07) is 7.59. The summed E-state index contributed by atoms with van der Waals surface area (Å²) in [5.41, 5.74) is 4.34. The highest BCUT2D eigenvalue weighted by molar-refractivity contribution is 5.75. The second-order valence-corrected chi connectivity index (χ2v) is 4.45. The third-order valence-electron chi connectivity index (χ3n) is 3.32. The topological polar surface area (TPSA) is 34.9 Å². The summed E-state index contributed by atoms with van der Waals surface area (Å²) in [5.74, 6) is 0. The van der Waals surface area contributed by atoms with Gasteiger partial charge in [-0.25, -0.2) is 4.68 Å². The van der Waals surface area contributed by atoms with Crippen LogP contribution in [0.5, 0.6) is 0 Å². The van der Waals surface area contributed by atoms with E-state index in [0.29, 0.717) is 5.56 Å². The number of hydrogen-bond donors (Lipinski definition) is 0. The van der Waals surface area contributed by atoms with Crippen molar-refractivity contribution in [2.75, 3.05) is 0 Å². The number of benzene rings is 1. The van der Waals surface area contributed by atoms with Gasteiger partial charge in [0, 0.05) is 11.3 Å². The molecule has 1 aromatic carbocycles. The Kier molecular flexibility index (Phi) is 2.52. The van der Waals surface area contributed by atoms with Crippen molar-refractivity contribution in [1.29, 1.82) is 0 Å². The fraction of sp³-hybridized carbons (Fsp3) is 0.286. The molecule has 3 heteroatoms. The molecule has 1 aliphatic carbocycles. The van der Waals surface area contributed by atoms with Crippen molar-refractivity contribution < 1.29 is 4.79 Å². The second kappa shape index (κ2) is 4.17. The Morgan fingerprint density at radius 2 is 2.12 bits per heavy atom. The lowest BCUT2D eigenvalue weighted by molar-refractivity contribution is 0.112. The van der Waals surface area contributed by atoms with E-state index >= 15 is 0 Å². The van der Waals surface area contributed by atoms with Crippen molar-refractivity contribution in [2.24, 2.45) is 0 Å². The third-order valence-corrected chi connectivity index (χ3v) is 3.32. The number of carbonyl (C=O) groups is 1. The maximum absolute atomic E-state index is 10.8. The Morgan fingerprint density at radius 1 is 1.24 bits per heavy atom. The summed E-state index contributed by atoms with van der Waals surface area (Å²) < 4.78 is 1.97. The highest BCUT2D eigenvalue weighted by Gasteiger charge is 2.15. The van der Waals surface area contributed by atoms with Gasteiger partial charge in [-0.2, -0.15) is 5.10 Å². The van der Waals surface area contributed by atoms with Crippen LogP contribution in [-0.2, 0) is 12.8 Å². The van der Waals surface area contributed by atoms with E-state index in [1.54, 1.807) is 0 Å². The summed E-state index contributed by atoms with van der Waals surface area (Å²) in [6.07, 6.45) is 7.53. The van der Waals surface area contributed by atoms with Crippen LogP contribution in [0.15, 0.2) is 30.5 Å². The molecule has 1 heterocycles. The van der Waals surface area contributed by atoms with Crippen LogP contribution in [-0.4, -0.2) is 16.1 Å². The van der Waals surface area contributed by atoms with Crippen LogP contribution in [0.25, 0.3) is 5.69 Å². The monoisotopic (exact) mass is 226 g/mol. The van der Waals surface area contributed by atoms with Gasteiger partial charge in [0.2, 0.25) is 0 Å². The molecule has 0 amide bonds. The van der Waals surface area contributed by atoms with E-state index in [0.717, 1.165) is 24.8 Å². The lowest BCUT2D eigenvalue weighted by Crippen LogP contribution is -2.07. The summed E-state index contributed by atoms with van der Waals surface area (Å²) in [5, 5.41) is 4.44. The maximum Gasteiger partial charge on any atom is 0.150 e. The van der Waals surface area contributed by atoms with E-state index in [1.807, 2.05) is 35.1 Å². The molecule has 0 radical (unpaired) electrons. The van der Waals surface area contributed by atoms with Crippen molar-refractivity contribution in [2.45, 2.75) is 25.7 Å². The van der Waals surface area contributed by atoms with E-state index in [1.165, 1.54) is 24.1 Å². The second-order valence-electron chi connectivity index (χ2n) is 4.45. The van der Waals surface area contributed by atoms with Crippen LogP contribution in [0.1, 0.15) is 34.5 Å². The maximum atomic E-state index is 10.8. The normalized spacial score (nSPS) is 14.4. The summed E-state index contributed by atoms with van der Waals surface area (Å²) in [7, 11) is 0. The number of aryl methyl sites for hydroxylation is 1. The predicted octanol–water partition coefficient (Wildman–Crippen LogP) is 2.56. The molecule has 0 fully saturated rings. The number of rotatable bonds is 2. The van der Waals surface area contributed by atoms with Crippen LogP contribution in [0.4, 0.5) is 0 Å². The molecule has 17 heavy (non-hydrogen) atoms. The number of aldehydes is 1. The van der Waals surface area contributed by atoms with Gasteiger partial charge in [0.25, 0.3) is 0 Å². The van der Waals surface area contributed by atoms with Gasteiger partial charge in [0.1, 0.15) is 6.29 Å². The Hall–Kier alpha value is -1.90. The first-order valence-electron chi connectivity index (χ1n) is 6.00. The molecular weight excluding hydrogens is 212 g/mol. The fourth-order valence-electron chi connectivity index (χ4n) is 2.44. The first kappa shape index (κ1) is 10.3. The molecule has 1 aliphatic rings. The van der Waals surface area contributed by atoms with Crippen molar-refractivity contribution >= 4 is 6.29 Å². The largest absolute Gasteiger partial charge is 0.298 e. The van der Waals surface area contributed by atoms with Gasteiger partial charge in [0.15, 0.2) is 0 Å². The highest BCUT2D eigenvalue weighted by atomic mass is 16.1. The van der Waals surface area contributed by atoms with Gasteiger partial charge < -0.3 is 0 Å². The van der Waals surface area contributed by atoms with Gasteiger partial charge in [-0.05, 0) is 43.4 Å². The lowest BCUT2D eigenvalue weighted by Gasteiger charge is -2.13. The van der Waals surface area contributed by atoms with Gasteiger partial charge in [-0.15, -0.1) is 0 Å². The minimum Gasteiger partial charge on any atom is -0.298 e. The number of carbonyl (C=O) groups excluding carboxylic acids is 1. The molecule has 0 unspecified atom stereocenters. The van der Waals surface area contributed by atoms with Gasteiger partial charge in [0.05, 0.1) is 11.9 Å². The third kappa shape index (κ3) is 1.78. The smallest absolute Gasteiger partial charge is 0.150 e. The number of aromatic nitrogens is 2. The summed E-state index contributed by atoms with van der Waals surface area (Å²) >= 11 is 0. The molecule has 0 saturated carbocycles. The van der Waals surface area contributed by atoms with E-state index in [2.05, 4.69) is 5.10 Å². The van der Waals surface area contributed by atoms with Crippen LogP contribution in [0.3, 0.4) is 0 Å². The molecule has 86 valence electrons. The minimum atomic E-state index is 0.697. The van der Waals surface area contributed by atoms with Crippen molar-refractivity contribution in [1.82, 2.24) is 9.78 Å². The fourth-order valence-corrected chi connectivity index (χ4v) is 2.44. The van der Waals surface area contributed by atoms with E-state index in [9.17, 15) is 4.79 Å². The number of hydrogen-bond acceptors (Lipinski definition) is 2. The first-order chi connectivity index (χ1) is 8.38. The van der Waals surface area contributed by atoms with E-state index in [-0.39, 0.29) is 0 Å². The molecule has 3 nitrogen and oxygen atoms in total. The average Bonchev–Trinajstić information content (AvgIpc) is 2.82. The molecule has 0 saturated heterocycles. The molecule has 0 N–H and O–H groups in total. The van der Waals surface area contributed by atoms with Crippen LogP contribution in [0.2, 0.25) is 0 Å². The number of nitrogens with zero attached hydrogens (tertiary/aromatic N) is 2. The molecule has 3 rings (SSSR count). The van der Waals surface area contributed by atoms with Gasteiger partial charge in [-0.3, -0.25) is 4.79 Å². The zero-order chi connectivity index (χ0) is 11.7. The Morgan fingerprint density at radius 3 is 3.00 bits per heavy atom. The molecule has 0 aliphatic heterocycles. The Labute approximate surface area is 100 Å². The van der Waals surface area contributed by atoms with Crippen molar-refractivity contribution in [3.8, 4) is 5.69 Å². The van der Waals surface area contributed by atoms with Crippen LogP contribution < -0.4 is 0 Å². The Bertz CT molecular complexity index is 557. The van der Waals surface area contributed by atoms with E-state index in [4.69, 9.17) is 0 Å². The zero-order valence-electron chi connectivity index (χ0n) is 9.60. The van der Waals surface area contributed by atoms with Gasteiger partial charge in [-0.1, -0.05) is 12.1 Å². The summed E-state index contributed by atoms with van der Waals surface area (Å²) in [4.78, 5) is 10.8. The lowest BCUT2D eigenvalue weighted by atomic mass is 9.98. The molecule has 0 bridgehead atoms. The molecular formula is C14H14N2O. The van der Waals surface area contributed by atoms with Crippen LogP contribution in [0, 0.1) is 0 Å². The Balaban J connectivity index is 2.08. The van der Waals surface area contributed by atoms with E-state index < -0.39 is 0 Å². The standard InChI is InChI=1S/C14H14N2O/c17-10-11-4-3-6-13(8-11)16-14-7-2-1-5-12(14)9-15-16/h3-4,6,8-10H,1-2,5,7H2. The summed E-state index contributed by atoms with van der Waals surface area (Å²) in [6.45, 7) is 0. The molecule has 0 atom stereocenters. The quantitative estimate of drug-likeness (QED) is 0.738. The average molecular weight is 226 g/mol. The first-order valence-corrected chi connectivity index (χ1v) is 6.00. The van der Waals surface area contributed by atoms with Crippen molar-refractivity contribution in [3.05, 3.63) is 47.3 Å². The van der Waals surface area contributed by atoms with Crippen molar-refractivity contribution in [3.63, 3.8) is 0 Å². The predicted molar refractivity (Wildman–Crippen MR) is 65.6 cm³/mol. The SMILES string of the molecule is O=Cc1cccc(-n2ncc3c2CCCC3)c1. The number of fused-ring (bicyclic) bond motifs is 1. The van der Waals surface area contributed by atoms with Crippen LogP contribution >= 0.6 is 0 Å². The minimum absolute atomic E-state index is 0.697. The highest BCUT2D eigenvalue weighted by Crippen LogP contribution is 2.23. The molecule has 1 aromatic heterocycles. The zero-order valence-corrected chi connectivity index (χ0v) is 9.60. The molecule has 2 aromatic rings. The molecule has 0 spiro atoms. The van der Waals surface area contributed by atoms with Gasteiger partial charge >= 0.3 is 0 Å².